The van der Waals surface area contributed by atoms with E-state index in [1.807, 2.05) is 12.1 Å². The summed E-state index contributed by atoms with van der Waals surface area (Å²) in [5.41, 5.74) is 6.95. The van der Waals surface area contributed by atoms with Crippen molar-refractivity contribution in [2.45, 2.75) is 0 Å². The molecule has 0 spiro atoms. The van der Waals surface area contributed by atoms with E-state index in [-0.39, 0.29) is 11.3 Å². The Balaban J connectivity index is 1.72. The van der Waals surface area contributed by atoms with Gasteiger partial charge < -0.3 is 26.0 Å². The Morgan fingerprint density at radius 3 is 2.07 bits per heavy atom. The number of nitrogens with two attached hydrogens (primary N) is 1. The molecule has 1 saturated heterocycles. The van der Waals surface area contributed by atoms with Crippen molar-refractivity contribution in [3.8, 4) is 0 Å². The summed E-state index contributed by atoms with van der Waals surface area (Å²) in [6.07, 6.45) is 0. The van der Waals surface area contributed by atoms with Crippen LogP contribution in [-0.2, 0) is 14.3 Å². The Kier molecular flexibility index (Phi) is 5.68. The average molecular weight is 368 g/mol. The van der Waals surface area contributed by atoms with Crippen LogP contribution in [0.3, 0.4) is 0 Å². The highest BCUT2D eigenvalue weighted by atomic mass is 16.5. The molecule has 0 saturated carbocycles. The lowest BCUT2D eigenvalue weighted by Gasteiger charge is -2.30. The van der Waals surface area contributed by atoms with Gasteiger partial charge in [0, 0.05) is 13.1 Å². The van der Waals surface area contributed by atoms with Crippen LogP contribution in [0.2, 0.25) is 0 Å². The molecule has 0 aliphatic carbocycles. The molecule has 0 unspecified atom stereocenters. The normalized spacial score (nSPS) is 13.7. The summed E-state index contributed by atoms with van der Waals surface area (Å²) in [7, 11) is 0. The van der Waals surface area contributed by atoms with E-state index in [1.165, 1.54) is 12.1 Å². The highest BCUT2D eigenvalue weighted by Crippen LogP contribution is 2.26. The molecule has 1 heterocycles. The molecule has 3 rings (SSSR count). The van der Waals surface area contributed by atoms with Crippen LogP contribution < -0.4 is 21.3 Å². The quantitative estimate of drug-likeness (QED) is 0.702. The van der Waals surface area contributed by atoms with Crippen molar-refractivity contribution in [1.82, 2.24) is 0 Å². The molecule has 1 aliphatic rings. The van der Waals surface area contributed by atoms with Gasteiger partial charge in [0.2, 0.25) is 0 Å². The van der Waals surface area contributed by atoms with Crippen LogP contribution in [0.15, 0.2) is 48.5 Å². The minimum absolute atomic E-state index is 0.132. The number of carbonyl (C=O) groups is 3. The first-order valence-corrected chi connectivity index (χ1v) is 8.49. The summed E-state index contributed by atoms with van der Waals surface area (Å²) >= 11 is 0. The van der Waals surface area contributed by atoms with E-state index < -0.39 is 17.7 Å². The molecule has 0 aromatic heterocycles. The van der Waals surface area contributed by atoms with Gasteiger partial charge in [0.25, 0.3) is 5.91 Å². The summed E-state index contributed by atoms with van der Waals surface area (Å²) in [5, 5.41) is 5.05. The summed E-state index contributed by atoms with van der Waals surface area (Å²) < 4.78 is 5.35. The highest BCUT2D eigenvalue weighted by Gasteiger charge is 2.20. The molecule has 3 amide bonds. The van der Waals surface area contributed by atoms with Crippen molar-refractivity contribution < 1.29 is 19.1 Å². The van der Waals surface area contributed by atoms with Crippen LogP contribution in [-0.4, -0.2) is 44.0 Å². The zero-order chi connectivity index (χ0) is 19.2. The van der Waals surface area contributed by atoms with Crippen molar-refractivity contribution in [1.29, 1.82) is 0 Å². The van der Waals surface area contributed by atoms with Crippen LogP contribution in [0.1, 0.15) is 10.4 Å². The van der Waals surface area contributed by atoms with Crippen LogP contribution in [0.25, 0.3) is 0 Å². The second-order valence-electron chi connectivity index (χ2n) is 5.93. The van der Waals surface area contributed by atoms with Gasteiger partial charge in [0.15, 0.2) is 0 Å². The topological polar surface area (TPSA) is 114 Å². The standard InChI is InChI=1S/C19H20N4O4/c20-17(24)13-5-1-2-6-14(13)21-18(25)19(26)22-15-7-3-4-8-16(15)23-9-11-27-12-10-23/h1-8H,9-12H2,(H2,20,24)(H,21,25)(H,22,26). The van der Waals surface area contributed by atoms with E-state index >= 15 is 0 Å². The second-order valence-corrected chi connectivity index (χ2v) is 5.93. The lowest BCUT2D eigenvalue weighted by Crippen LogP contribution is -2.37. The van der Waals surface area contributed by atoms with Crippen molar-refractivity contribution in [2.75, 3.05) is 41.8 Å². The third kappa shape index (κ3) is 4.42. The third-order valence-corrected chi connectivity index (χ3v) is 4.15. The minimum atomic E-state index is -0.888. The molecule has 140 valence electrons. The van der Waals surface area contributed by atoms with E-state index in [0.717, 1.165) is 5.69 Å². The number of hydrogen-bond acceptors (Lipinski definition) is 5. The number of nitrogens with zero attached hydrogens (tertiary/aromatic N) is 1. The lowest BCUT2D eigenvalue weighted by atomic mass is 10.1. The van der Waals surface area contributed by atoms with Gasteiger partial charge in [-0.1, -0.05) is 24.3 Å². The predicted molar refractivity (Wildman–Crippen MR) is 102 cm³/mol. The molecule has 4 N–H and O–H groups in total. The number of para-hydroxylation sites is 3. The van der Waals surface area contributed by atoms with Gasteiger partial charge >= 0.3 is 11.8 Å². The number of carbonyl (C=O) groups excluding carboxylic acids is 3. The maximum Gasteiger partial charge on any atom is 0.314 e. The van der Waals surface area contributed by atoms with Gasteiger partial charge in [0.1, 0.15) is 0 Å². The van der Waals surface area contributed by atoms with Crippen LogP contribution in [0, 0.1) is 0 Å². The van der Waals surface area contributed by atoms with E-state index in [4.69, 9.17) is 10.5 Å². The number of morpholine rings is 1. The van der Waals surface area contributed by atoms with Crippen molar-refractivity contribution in [2.24, 2.45) is 5.73 Å². The van der Waals surface area contributed by atoms with E-state index in [9.17, 15) is 14.4 Å². The number of amides is 3. The molecule has 2 aromatic rings. The number of rotatable bonds is 4. The number of hydrogen-bond donors (Lipinski definition) is 3. The zero-order valence-electron chi connectivity index (χ0n) is 14.6. The fourth-order valence-corrected chi connectivity index (χ4v) is 2.82. The summed E-state index contributed by atoms with van der Waals surface area (Å²) in [6, 6.07) is 13.5. The molecule has 1 fully saturated rings. The van der Waals surface area contributed by atoms with Gasteiger partial charge in [0.05, 0.1) is 35.8 Å². The zero-order valence-corrected chi connectivity index (χ0v) is 14.6. The monoisotopic (exact) mass is 368 g/mol. The Hall–Kier alpha value is -3.39. The maximum absolute atomic E-state index is 12.4. The number of anilines is 3. The second kappa shape index (κ2) is 8.33. The summed E-state index contributed by atoms with van der Waals surface area (Å²) in [6.45, 7) is 2.61. The van der Waals surface area contributed by atoms with E-state index in [1.54, 1.807) is 24.3 Å². The first-order valence-electron chi connectivity index (χ1n) is 8.49. The van der Waals surface area contributed by atoms with E-state index in [0.29, 0.717) is 32.0 Å². The molecule has 1 aliphatic heterocycles. The van der Waals surface area contributed by atoms with Gasteiger partial charge in [-0.15, -0.1) is 0 Å². The Morgan fingerprint density at radius 1 is 0.852 bits per heavy atom. The molecule has 8 nitrogen and oxygen atoms in total. The van der Waals surface area contributed by atoms with E-state index in [2.05, 4.69) is 15.5 Å². The molecular formula is C19H20N4O4. The molecule has 2 aromatic carbocycles. The minimum Gasteiger partial charge on any atom is -0.378 e. The molecule has 0 atom stereocenters. The molecule has 27 heavy (non-hydrogen) atoms. The van der Waals surface area contributed by atoms with Gasteiger partial charge in [-0.3, -0.25) is 14.4 Å². The Labute approximate surface area is 156 Å². The van der Waals surface area contributed by atoms with Crippen molar-refractivity contribution in [3.63, 3.8) is 0 Å². The number of benzene rings is 2. The summed E-state index contributed by atoms with van der Waals surface area (Å²) in [4.78, 5) is 38.1. The van der Waals surface area contributed by atoms with Crippen LogP contribution >= 0.6 is 0 Å². The molecule has 0 radical (unpaired) electrons. The summed E-state index contributed by atoms with van der Waals surface area (Å²) in [5.74, 6) is -2.42. The first-order chi connectivity index (χ1) is 13.1. The SMILES string of the molecule is NC(=O)c1ccccc1NC(=O)C(=O)Nc1ccccc1N1CCOCC1. The molecule has 0 bridgehead atoms. The van der Waals surface area contributed by atoms with Crippen LogP contribution in [0.4, 0.5) is 17.1 Å². The highest BCUT2D eigenvalue weighted by molar-refractivity contribution is 6.44. The average Bonchev–Trinajstić information content (AvgIpc) is 2.69. The lowest BCUT2D eigenvalue weighted by molar-refractivity contribution is -0.132. The third-order valence-electron chi connectivity index (χ3n) is 4.15. The number of ether oxygens (including phenoxy) is 1. The first kappa shape index (κ1) is 18.4. The van der Waals surface area contributed by atoms with Crippen molar-refractivity contribution in [3.05, 3.63) is 54.1 Å². The van der Waals surface area contributed by atoms with Gasteiger partial charge in [-0.2, -0.15) is 0 Å². The van der Waals surface area contributed by atoms with Gasteiger partial charge in [-0.05, 0) is 24.3 Å². The Bertz CT molecular complexity index is 862. The largest absolute Gasteiger partial charge is 0.378 e. The number of nitrogens with one attached hydrogen (secondary N) is 2. The maximum atomic E-state index is 12.4. The predicted octanol–water partition coefficient (Wildman–Crippen LogP) is 1.20. The smallest absolute Gasteiger partial charge is 0.314 e. The van der Waals surface area contributed by atoms with Gasteiger partial charge in [-0.25, -0.2) is 0 Å². The number of primary amides is 1. The molecule has 8 heteroatoms. The Morgan fingerprint density at radius 2 is 1.41 bits per heavy atom. The fraction of sp³-hybridized carbons (Fsp3) is 0.211. The van der Waals surface area contributed by atoms with Crippen LogP contribution in [0.5, 0.6) is 0 Å². The molecular weight excluding hydrogens is 348 g/mol. The fourth-order valence-electron chi connectivity index (χ4n) is 2.82. The van der Waals surface area contributed by atoms with Crippen molar-refractivity contribution >= 4 is 34.8 Å².